The molecule has 2 heterocycles. The zero-order valence-electron chi connectivity index (χ0n) is 13.7. The van der Waals surface area contributed by atoms with Crippen LogP contribution in [0.2, 0.25) is 0 Å². The lowest BCUT2D eigenvalue weighted by Crippen LogP contribution is -2.36. The number of amides is 1. The first-order valence-electron chi connectivity index (χ1n) is 8.53. The highest BCUT2D eigenvalue weighted by atomic mass is 16.6. The van der Waals surface area contributed by atoms with E-state index in [0.717, 1.165) is 43.0 Å². The minimum Gasteiger partial charge on any atom is -0.486 e. The molecule has 124 valence electrons. The Labute approximate surface area is 142 Å². The third-order valence-electron chi connectivity index (χ3n) is 4.72. The van der Waals surface area contributed by atoms with Gasteiger partial charge in [0.1, 0.15) is 13.2 Å². The van der Waals surface area contributed by atoms with Crippen LogP contribution in [0.1, 0.15) is 23.1 Å². The van der Waals surface area contributed by atoms with Crippen molar-refractivity contribution in [2.24, 2.45) is 0 Å². The van der Waals surface area contributed by atoms with Crippen LogP contribution in [0, 0.1) is 0 Å². The van der Waals surface area contributed by atoms with Crippen molar-refractivity contribution in [3.8, 4) is 11.5 Å². The molecule has 2 aromatic carbocycles. The summed E-state index contributed by atoms with van der Waals surface area (Å²) in [5, 5.41) is 0. The standard InChI is InChI=1S/C20H21NO3/c22-20(21-10-9-16-3-1-2-4-17(16)14-21)8-6-15-5-7-18-19(13-15)24-12-11-23-18/h1-5,7,13H,6,8-12,14H2. The van der Waals surface area contributed by atoms with Crippen LogP contribution in [0.4, 0.5) is 0 Å². The molecule has 2 aliphatic heterocycles. The molecule has 0 saturated heterocycles. The van der Waals surface area contributed by atoms with Crippen LogP contribution in [0.25, 0.3) is 0 Å². The molecule has 0 saturated carbocycles. The second-order valence-electron chi connectivity index (χ2n) is 6.31. The highest BCUT2D eigenvalue weighted by Crippen LogP contribution is 2.31. The van der Waals surface area contributed by atoms with Gasteiger partial charge in [-0.05, 0) is 41.7 Å². The van der Waals surface area contributed by atoms with Crippen LogP contribution >= 0.6 is 0 Å². The van der Waals surface area contributed by atoms with E-state index in [1.165, 1.54) is 11.1 Å². The van der Waals surface area contributed by atoms with Crippen molar-refractivity contribution in [1.29, 1.82) is 0 Å². The lowest BCUT2D eigenvalue weighted by Gasteiger charge is -2.29. The average Bonchev–Trinajstić information content (AvgIpc) is 2.65. The van der Waals surface area contributed by atoms with Crippen molar-refractivity contribution in [2.45, 2.75) is 25.8 Å². The van der Waals surface area contributed by atoms with Crippen molar-refractivity contribution >= 4 is 5.91 Å². The molecule has 24 heavy (non-hydrogen) atoms. The van der Waals surface area contributed by atoms with Crippen LogP contribution in [0.15, 0.2) is 42.5 Å². The first-order chi connectivity index (χ1) is 11.8. The van der Waals surface area contributed by atoms with Crippen LogP contribution in [-0.2, 0) is 24.2 Å². The number of rotatable bonds is 3. The molecule has 0 unspecified atom stereocenters. The minimum atomic E-state index is 0.222. The van der Waals surface area contributed by atoms with Gasteiger partial charge in [0.05, 0.1) is 0 Å². The number of carbonyl (C=O) groups is 1. The third kappa shape index (κ3) is 3.09. The summed E-state index contributed by atoms with van der Waals surface area (Å²) in [6, 6.07) is 14.3. The normalized spacial score (nSPS) is 15.8. The summed E-state index contributed by atoms with van der Waals surface area (Å²) in [6.45, 7) is 2.73. The van der Waals surface area contributed by atoms with Gasteiger partial charge < -0.3 is 14.4 Å². The fourth-order valence-corrected chi connectivity index (χ4v) is 3.36. The van der Waals surface area contributed by atoms with Gasteiger partial charge >= 0.3 is 0 Å². The first kappa shape index (κ1) is 15.1. The maximum Gasteiger partial charge on any atom is 0.223 e. The monoisotopic (exact) mass is 323 g/mol. The Balaban J connectivity index is 1.37. The zero-order valence-corrected chi connectivity index (χ0v) is 13.7. The van der Waals surface area contributed by atoms with Gasteiger partial charge in [0.2, 0.25) is 5.91 Å². The molecule has 0 fully saturated rings. The smallest absolute Gasteiger partial charge is 0.223 e. The Kier molecular flexibility index (Phi) is 4.11. The van der Waals surface area contributed by atoms with E-state index in [0.29, 0.717) is 19.6 Å². The van der Waals surface area contributed by atoms with Crippen molar-refractivity contribution in [3.05, 3.63) is 59.2 Å². The van der Waals surface area contributed by atoms with Gasteiger partial charge in [0, 0.05) is 19.5 Å². The number of hydrogen-bond acceptors (Lipinski definition) is 3. The van der Waals surface area contributed by atoms with E-state index in [9.17, 15) is 4.79 Å². The first-order valence-corrected chi connectivity index (χ1v) is 8.53. The summed E-state index contributed by atoms with van der Waals surface area (Å²) in [7, 11) is 0. The molecule has 0 radical (unpaired) electrons. The molecule has 2 aromatic rings. The lowest BCUT2D eigenvalue weighted by molar-refractivity contribution is -0.132. The highest BCUT2D eigenvalue weighted by molar-refractivity contribution is 5.76. The molecule has 4 nitrogen and oxygen atoms in total. The molecule has 0 aromatic heterocycles. The summed E-state index contributed by atoms with van der Waals surface area (Å²) < 4.78 is 11.1. The summed E-state index contributed by atoms with van der Waals surface area (Å²) in [5.41, 5.74) is 3.76. The van der Waals surface area contributed by atoms with Gasteiger partial charge in [-0.15, -0.1) is 0 Å². The number of nitrogens with zero attached hydrogens (tertiary/aromatic N) is 1. The van der Waals surface area contributed by atoms with E-state index in [-0.39, 0.29) is 5.91 Å². The number of fused-ring (bicyclic) bond motifs is 2. The molecule has 4 rings (SSSR count). The predicted molar refractivity (Wildman–Crippen MR) is 91.3 cm³/mol. The van der Waals surface area contributed by atoms with E-state index < -0.39 is 0 Å². The number of benzene rings is 2. The van der Waals surface area contributed by atoms with E-state index in [1.54, 1.807) is 0 Å². The number of aryl methyl sites for hydroxylation is 1. The molecule has 0 atom stereocenters. The summed E-state index contributed by atoms with van der Waals surface area (Å²) in [6.07, 6.45) is 2.21. The van der Waals surface area contributed by atoms with E-state index in [2.05, 4.69) is 18.2 Å². The summed E-state index contributed by atoms with van der Waals surface area (Å²) in [5.74, 6) is 1.81. The molecule has 2 aliphatic rings. The summed E-state index contributed by atoms with van der Waals surface area (Å²) >= 11 is 0. The quantitative estimate of drug-likeness (QED) is 0.872. The van der Waals surface area contributed by atoms with Gasteiger partial charge in [-0.1, -0.05) is 30.3 Å². The molecule has 0 bridgehead atoms. The van der Waals surface area contributed by atoms with E-state index >= 15 is 0 Å². The predicted octanol–water partition coefficient (Wildman–Crippen LogP) is 2.98. The molecule has 1 amide bonds. The van der Waals surface area contributed by atoms with Gasteiger partial charge in [-0.25, -0.2) is 0 Å². The second-order valence-corrected chi connectivity index (χ2v) is 6.31. The van der Waals surface area contributed by atoms with Crippen LogP contribution in [-0.4, -0.2) is 30.6 Å². The van der Waals surface area contributed by atoms with Gasteiger partial charge in [0.15, 0.2) is 11.5 Å². The summed E-state index contributed by atoms with van der Waals surface area (Å²) in [4.78, 5) is 14.5. The third-order valence-corrected chi connectivity index (χ3v) is 4.72. The van der Waals surface area contributed by atoms with Crippen molar-refractivity contribution < 1.29 is 14.3 Å². The lowest BCUT2D eigenvalue weighted by atomic mass is 9.99. The molecule has 0 N–H and O–H groups in total. The Morgan fingerprint density at radius 1 is 1.00 bits per heavy atom. The van der Waals surface area contributed by atoms with Gasteiger partial charge in [0.25, 0.3) is 0 Å². The van der Waals surface area contributed by atoms with E-state index in [4.69, 9.17) is 9.47 Å². The average molecular weight is 323 g/mol. The van der Waals surface area contributed by atoms with Crippen molar-refractivity contribution in [1.82, 2.24) is 4.90 Å². The molecule has 4 heteroatoms. The minimum absolute atomic E-state index is 0.222. The Morgan fingerprint density at radius 2 is 1.79 bits per heavy atom. The highest BCUT2D eigenvalue weighted by Gasteiger charge is 2.20. The second kappa shape index (κ2) is 6.56. The molecular weight excluding hydrogens is 302 g/mol. The fourth-order valence-electron chi connectivity index (χ4n) is 3.36. The Hall–Kier alpha value is -2.49. The van der Waals surface area contributed by atoms with Crippen molar-refractivity contribution in [2.75, 3.05) is 19.8 Å². The SMILES string of the molecule is O=C(CCc1ccc2c(c1)OCCO2)N1CCc2ccccc2C1. The van der Waals surface area contributed by atoms with E-state index in [1.807, 2.05) is 29.2 Å². The largest absolute Gasteiger partial charge is 0.486 e. The Bertz CT molecular complexity index is 756. The topological polar surface area (TPSA) is 38.8 Å². The van der Waals surface area contributed by atoms with Gasteiger partial charge in [-0.3, -0.25) is 4.79 Å². The maximum absolute atomic E-state index is 12.5. The molecule has 0 aliphatic carbocycles. The number of carbonyl (C=O) groups excluding carboxylic acids is 1. The van der Waals surface area contributed by atoms with Gasteiger partial charge in [-0.2, -0.15) is 0 Å². The fraction of sp³-hybridized carbons (Fsp3) is 0.350. The molecule has 0 spiro atoms. The van der Waals surface area contributed by atoms with Crippen LogP contribution in [0.3, 0.4) is 0 Å². The zero-order chi connectivity index (χ0) is 16.4. The maximum atomic E-state index is 12.5. The Morgan fingerprint density at radius 3 is 2.67 bits per heavy atom. The van der Waals surface area contributed by atoms with Crippen LogP contribution < -0.4 is 9.47 Å². The van der Waals surface area contributed by atoms with Crippen molar-refractivity contribution in [3.63, 3.8) is 0 Å². The number of ether oxygens (including phenoxy) is 2. The number of hydrogen-bond donors (Lipinski definition) is 0. The molecular formula is C20H21NO3. The van der Waals surface area contributed by atoms with Crippen LogP contribution in [0.5, 0.6) is 11.5 Å².